The lowest BCUT2D eigenvalue weighted by molar-refractivity contribution is -0.0322. The summed E-state index contributed by atoms with van der Waals surface area (Å²) in [6.45, 7) is 6.58. The van der Waals surface area contributed by atoms with Crippen molar-refractivity contribution in [2.75, 3.05) is 19.7 Å². The van der Waals surface area contributed by atoms with Crippen LogP contribution in [0.5, 0.6) is 0 Å². The van der Waals surface area contributed by atoms with Crippen molar-refractivity contribution in [2.24, 2.45) is 7.05 Å². The van der Waals surface area contributed by atoms with E-state index in [1.54, 1.807) is 12.3 Å². The summed E-state index contributed by atoms with van der Waals surface area (Å²) in [5, 5.41) is 4.92. The van der Waals surface area contributed by atoms with E-state index in [4.69, 9.17) is 4.74 Å². The minimum Gasteiger partial charge on any atom is -0.371 e. The number of morpholine rings is 1. The van der Waals surface area contributed by atoms with E-state index in [0.717, 1.165) is 38.8 Å². The second kappa shape index (κ2) is 8.85. The van der Waals surface area contributed by atoms with Crippen molar-refractivity contribution in [3.05, 3.63) is 64.5 Å². The van der Waals surface area contributed by atoms with Crippen LogP contribution in [0.3, 0.4) is 0 Å². The Morgan fingerprint density at radius 1 is 1.33 bits per heavy atom. The topological polar surface area (TPSA) is 59.4 Å². The maximum atomic E-state index is 13.9. The molecule has 1 fully saturated rings. The van der Waals surface area contributed by atoms with Gasteiger partial charge in [-0.05, 0) is 43.7 Å². The van der Waals surface area contributed by atoms with Gasteiger partial charge in [0.2, 0.25) is 0 Å². The number of thiophene rings is 1. The Balaban J connectivity index is 1.46. The maximum Gasteiger partial charge on any atom is 0.262 e. The van der Waals surface area contributed by atoms with Gasteiger partial charge in [0.1, 0.15) is 15.5 Å². The standard InChI is InChI=1S/C25H27FN4O2S/c1-15(2)28-24(31)23-22(18-5-4-8-27-25(18)33-23)21-14-30(9-10-32-21)13-16-12-29(3)20-7-6-17(26)11-19(16)20/h4-8,11-12,15,21H,9-10,13-14H2,1-3H3,(H,28,31). The highest BCUT2D eigenvalue weighted by molar-refractivity contribution is 7.20. The van der Waals surface area contributed by atoms with Crippen molar-refractivity contribution in [2.45, 2.75) is 32.5 Å². The third-order valence-electron chi connectivity index (χ3n) is 6.03. The molecular formula is C25H27FN4O2S. The molecule has 1 aliphatic heterocycles. The van der Waals surface area contributed by atoms with Gasteiger partial charge in [-0.2, -0.15) is 0 Å². The summed E-state index contributed by atoms with van der Waals surface area (Å²) in [6.07, 6.45) is 3.58. The van der Waals surface area contributed by atoms with Crippen LogP contribution >= 0.6 is 11.3 Å². The average molecular weight is 467 g/mol. The Bertz CT molecular complexity index is 1330. The van der Waals surface area contributed by atoms with Crippen LogP contribution in [0.2, 0.25) is 0 Å². The number of amides is 1. The molecule has 6 nitrogen and oxygen atoms in total. The first-order valence-corrected chi connectivity index (χ1v) is 12.0. The van der Waals surface area contributed by atoms with E-state index in [2.05, 4.69) is 21.4 Å². The number of halogens is 1. The van der Waals surface area contributed by atoms with E-state index in [9.17, 15) is 9.18 Å². The molecule has 1 aromatic carbocycles. The molecular weight excluding hydrogens is 439 g/mol. The zero-order chi connectivity index (χ0) is 23.1. The van der Waals surface area contributed by atoms with E-state index < -0.39 is 0 Å². The van der Waals surface area contributed by atoms with Crippen molar-refractivity contribution in [1.82, 2.24) is 19.8 Å². The zero-order valence-corrected chi connectivity index (χ0v) is 19.8. The van der Waals surface area contributed by atoms with Crippen molar-refractivity contribution >= 4 is 38.4 Å². The fourth-order valence-corrected chi connectivity index (χ4v) is 5.70. The molecule has 0 aliphatic carbocycles. The van der Waals surface area contributed by atoms with Crippen LogP contribution in [-0.2, 0) is 18.3 Å². The molecule has 4 heterocycles. The van der Waals surface area contributed by atoms with Crippen LogP contribution in [-0.4, -0.2) is 46.1 Å². The number of nitrogens with zero attached hydrogens (tertiary/aromatic N) is 3. The van der Waals surface area contributed by atoms with E-state index in [0.29, 0.717) is 24.6 Å². The van der Waals surface area contributed by atoms with Gasteiger partial charge < -0.3 is 14.6 Å². The predicted molar refractivity (Wildman–Crippen MR) is 129 cm³/mol. The summed E-state index contributed by atoms with van der Waals surface area (Å²) in [5.41, 5.74) is 3.01. The van der Waals surface area contributed by atoms with E-state index in [1.807, 2.05) is 43.7 Å². The van der Waals surface area contributed by atoms with Gasteiger partial charge in [0.25, 0.3) is 5.91 Å². The van der Waals surface area contributed by atoms with Crippen molar-refractivity contribution in [3.8, 4) is 0 Å². The Morgan fingerprint density at radius 2 is 2.18 bits per heavy atom. The molecule has 3 aromatic heterocycles. The Morgan fingerprint density at radius 3 is 3.00 bits per heavy atom. The highest BCUT2D eigenvalue weighted by Crippen LogP contribution is 2.37. The van der Waals surface area contributed by atoms with Crippen LogP contribution in [0.15, 0.2) is 42.7 Å². The molecule has 172 valence electrons. The first-order valence-electron chi connectivity index (χ1n) is 11.2. The second-order valence-corrected chi connectivity index (χ2v) is 9.85. The normalized spacial score (nSPS) is 17.3. The third kappa shape index (κ3) is 4.26. The highest BCUT2D eigenvalue weighted by Gasteiger charge is 2.30. The third-order valence-corrected chi connectivity index (χ3v) is 7.16. The van der Waals surface area contributed by atoms with Gasteiger partial charge in [-0.3, -0.25) is 9.69 Å². The first kappa shape index (κ1) is 22.0. The maximum absolute atomic E-state index is 13.9. The van der Waals surface area contributed by atoms with Crippen LogP contribution in [0.25, 0.3) is 21.1 Å². The van der Waals surface area contributed by atoms with Gasteiger partial charge in [0, 0.05) is 67.0 Å². The quantitative estimate of drug-likeness (QED) is 0.466. The summed E-state index contributed by atoms with van der Waals surface area (Å²) in [6, 6.07) is 8.87. The van der Waals surface area contributed by atoms with Gasteiger partial charge in [-0.1, -0.05) is 6.07 Å². The summed E-state index contributed by atoms with van der Waals surface area (Å²) < 4.78 is 22.2. The molecule has 1 amide bonds. The van der Waals surface area contributed by atoms with Gasteiger partial charge in [-0.15, -0.1) is 11.3 Å². The Hall–Kier alpha value is -2.81. The molecule has 0 bridgehead atoms. The predicted octanol–water partition coefficient (Wildman–Crippen LogP) is 4.64. The number of pyridine rings is 1. The van der Waals surface area contributed by atoms with Crippen molar-refractivity contribution in [3.63, 3.8) is 0 Å². The van der Waals surface area contributed by atoms with Gasteiger partial charge in [0.15, 0.2) is 0 Å². The van der Waals surface area contributed by atoms with Crippen LogP contribution in [0, 0.1) is 5.82 Å². The molecule has 1 atom stereocenters. The fourth-order valence-electron chi connectivity index (χ4n) is 4.60. The molecule has 4 aromatic rings. The monoisotopic (exact) mass is 466 g/mol. The van der Waals surface area contributed by atoms with Crippen LogP contribution in [0.1, 0.15) is 40.8 Å². The molecule has 0 saturated carbocycles. The van der Waals surface area contributed by atoms with E-state index >= 15 is 0 Å². The molecule has 1 saturated heterocycles. The smallest absolute Gasteiger partial charge is 0.262 e. The second-order valence-electron chi connectivity index (χ2n) is 8.85. The summed E-state index contributed by atoms with van der Waals surface area (Å²) >= 11 is 1.41. The number of hydrogen-bond donors (Lipinski definition) is 1. The van der Waals surface area contributed by atoms with Gasteiger partial charge in [-0.25, -0.2) is 9.37 Å². The zero-order valence-electron chi connectivity index (χ0n) is 19.0. The molecule has 0 radical (unpaired) electrons. The summed E-state index contributed by atoms with van der Waals surface area (Å²) in [5.74, 6) is -0.318. The SMILES string of the molecule is CC(C)NC(=O)c1sc2ncccc2c1C1CN(Cc2cn(C)c3ccc(F)cc23)CCO1. The lowest BCUT2D eigenvalue weighted by atomic mass is 10.0. The van der Waals surface area contributed by atoms with E-state index in [1.165, 1.54) is 17.4 Å². The summed E-state index contributed by atoms with van der Waals surface area (Å²) in [4.78, 5) is 21.3. The first-order chi connectivity index (χ1) is 15.9. The fraction of sp³-hybridized carbons (Fsp3) is 0.360. The molecule has 1 unspecified atom stereocenters. The number of nitrogens with one attached hydrogen (secondary N) is 1. The van der Waals surface area contributed by atoms with Gasteiger partial charge in [0.05, 0.1) is 12.7 Å². The number of aryl methyl sites for hydroxylation is 1. The Kier molecular flexibility index (Phi) is 5.90. The molecule has 33 heavy (non-hydrogen) atoms. The van der Waals surface area contributed by atoms with Crippen molar-refractivity contribution < 1.29 is 13.9 Å². The highest BCUT2D eigenvalue weighted by atomic mass is 32.1. The minimum atomic E-state index is -0.240. The molecule has 8 heteroatoms. The minimum absolute atomic E-state index is 0.0408. The number of hydrogen-bond acceptors (Lipinski definition) is 5. The number of carbonyl (C=O) groups is 1. The molecule has 1 aliphatic rings. The largest absolute Gasteiger partial charge is 0.371 e. The Labute approximate surface area is 196 Å². The van der Waals surface area contributed by atoms with Crippen LogP contribution in [0.4, 0.5) is 4.39 Å². The number of rotatable bonds is 5. The van der Waals surface area contributed by atoms with Crippen LogP contribution < -0.4 is 5.32 Å². The number of aromatic nitrogens is 2. The molecule has 0 spiro atoms. The summed E-state index contributed by atoms with van der Waals surface area (Å²) in [7, 11) is 1.98. The molecule has 5 rings (SSSR count). The van der Waals surface area contributed by atoms with E-state index in [-0.39, 0.29) is 23.9 Å². The number of ether oxygens (including phenoxy) is 1. The lowest BCUT2D eigenvalue weighted by Crippen LogP contribution is -2.38. The molecule has 1 N–H and O–H groups in total. The lowest BCUT2D eigenvalue weighted by Gasteiger charge is -2.33. The van der Waals surface area contributed by atoms with Crippen molar-refractivity contribution in [1.29, 1.82) is 0 Å². The van der Waals surface area contributed by atoms with Gasteiger partial charge >= 0.3 is 0 Å². The number of benzene rings is 1. The number of fused-ring (bicyclic) bond motifs is 2. The average Bonchev–Trinajstić information content (AvgIpc) is 3.31. The number of carbonyl (C=O) groups excluding carboxylic acids is 1.